The number of rotatable bonds is 7. The van der Waals surface area contributed by atoms with Gasteiger partial charge in [0.25, 0.3) is 5.89 Å². The van der Waals surface area contributed by atoms with Crippen LogP contribution < -0.4 is 5.32 Å². The van der Waals surface area contributed by atoms with Gasteiger partial charge in [0.1, 0.15) is 0 Å². The first kappa shape index (κ1) is 16.5. The molecule has 0 aliphatic carbocycles. The molecule has 0 saturated carbocycles. The number of hydrogen-bond donors (Lipinski definition) is 1. The number of nitrogens with zero attached hydrogens (tertiary/aromatic N) is 3. The van der Waals surface area contributed by atoms with Crippen LogP contribution in [0.5, 0.6) is 0 Å². The quantitative estimate of drug-likeness (QED) is 0.790. The second-order valence-corrected chi connectivity index (χ2v) is 6.35. The number of amides is 1. The van der Waals surface area contributed by atoms with E-state index in [1.165, 1.54) is 11.8 Å². The van der Waals surface area contributed by atoms with Crippen molar-refractivity contribution in [1.82, 2.24) is 20.4 Å². The highest BCUT2D eigenvalue weighted by atomic mass is 32.2. The van der Waals surface area contributed by atoms with Crippen molar-refractivity contribution in [1.29, 1.82) is 0 Å². The van der Waals surface area contributed by atoms with E-state index in [0.29, 0.717) is 23.4 Å². The van der Waals surface area contributed by atoms with E-state index in [-0.39, 0.29) is 5.91 Å². The van der Waals surface area contributed by atoms with Crippen LogP contribution in [-0.4, -0.2) is 33.3 Å². The second-order valence-electron chi connectivity index (χ2n) is 5.35. The average molecular weight is 320 g/mol. The summed E-state index contributed by atoms with van der Waals surface area (Å²) in [6.07, 6.45) is 2.67. The van der Waals surface area contributed by atoms with Gasteiger partial charge < -0.3 is 9.84 Å². The monoisotopic (exact) mass is 320 g/mol. The molecule has 0 spiro atoms. The van der Waals surface area contributed by atoms with E-state index >= 15 is 0 Å². The average Bonchev–Trinajstić information content (AvgIpc) is 2.92. The van der Waals surface area contributed by atoms with Crippen LogP contribution in [0.4, 0.5) is 0 Å². The van der Waals surface area contributed by atoms with Gasteiger partial charge in [-0.15, -0.1) is 0 Å². The van der Waals surface area contributed by atoms with Crippen LogP contribution in [0, 0.1) is 12.8 Å². The van der Waals surface area contributed by atoms with E-state index < -0.39 is 0 Å². The van der Waals surface area contributed by atoms with Gasteiger partial charge in [-0.2, -0.15) is 4.98 Å². The molecule has 6 nitrogen and oxygen atoms in total. The van der Waals surface area contributed by atoms with Crippen molar-refractivity contribution in [2.24, 2.45) is 5.92 Å². The smallest absolute Gasteiger partial charge is 0.259 e. The maximum Gasteiger partial charge on any atom is 0.259 e. The van der Waals surface area contributed by atoms with E-state index in [4.69, 9.17) is 4.52 Å². The molecule has 0 atom stereocenters. The lowest BCUT2D eigenvalue weighted by atomic mass is 10.1. The number of aryl methyl sites for hydroxylation is 1. The zero-order valence-electron chi connectivity index (χ0n) is 13.0. The number of thioether (sulfide) groups is 1. The number of hydrogen-bond acceptors (Lipinski definition) is 6. The maximum absolute atomic E-state index is 11.7. The summed E-state index contributed by atoms with van der Waals surface area (Å²) >= 11 is 1.41. The molecule has 0 fully saturated rings. The van der Waals surface area contributed by atoms with E-state index in [1.54, 1.807) is 13.1 Å². The number of carbonyl (C=O) groups excluding carboxylic acids is 1. The fourth-order valence-electron chi connectivity index (χ4n) is 1.70. The van der Waals surface area contributed by atoms with Gasteiger partial charge in [-0.1, -0.05) is 30.8 Å². The minimum absolute atomic E-state index is 0.0315. The van der Waals surface area contributed by atoms with Gasteiger partial charge in [-0.3, -0.25) is 4.79 Å². The molecule has 2 aromatic heterocycles. The molecule has 118 valence electrons. The van der Waals surface area contributed by atoms with E-state index in [2.05, 4.69) is 34.3 Å². The van der Waals surface area contributed by atoms with Crippen molar-refractivity contribution in [2.45, 2.75) is 32.2 Å². The molecule has 1 amide bonds. The molecular weight excluding hydrogens is 300 g/mol. The molecule has 0 aliphatic rings. The van der Waals surface area contributed by atoms with Crippen molar-refractivity contribution in [2.75, 3.05) is 12.3 Å². The van der Waals surface area contributed by atoms with Crippen molar-refractivity contribution in [3.05, 3.63) is 24.2 Å². The van der Waals surface area contributed by atoms with Crippen LogP contribution in [0.2, 0.25) is 0 Å². The molecule has 1 N–H and O–H groups in total. The summed E-state index contributed by atoms with van der Waals surface area (Å²) in [5.74, 6) is 2.03. The molecule has 0 unspecified atom stereocenters. The molecule has 22 heavy (non-hydrogen) atoms. The van der Waals surface area contributed by atoms with Crippen LogP contribution in [0.25, 0.3) is 11.5 Å². The van der Waals surface area contributed by atoms with Crippen LogP contribution in [0.15, 0.2) is 27.9 Å². The third-order valence-corrected chi connectivity index (χ3v) is 3.85. The molecule has 0 bridgehead atoms. The Kier molecular flexibility index (Phi) is 5.94. The van der Waals surface area contributed by atoms with Crippen molar-refractivity contribution < 1.29 is 9.32 Å². The zero-order valence-corrected chi connectivity index (χ0v) is 13.8. The van der Waals surface area contributed by atoms with E-state index in [1.807, 2.05) is 12.1 Å². The SMILES string of the molecule is Cc1noc(-c2ccc(SCC(=O)NCCC(C)C)nc2)n1. The number of carbonyl (C=O) groups is 1. The minimum Gasteiger partial charge on any atom is -0.355 e. The maximum atomic E-state index is 11.7. The Morgan fingerprint density at radius 3 is 2.82 bits per heavy atom. The molecule has 0 saturated heterocycles. The summed E-state index contributed by atoms with van der Waals surface area (Å²) in [6.45, 7) is 6.76. The second kappa shape index (κ2) is 7.93. The Balaban J connectivity index is 1.80. The largest absolute Gasteiger partial charge is 0.355 e. The van der Waals surface area contributed by atoms with Gasteiger partial charge in [-0.05, 0) is 31.4 Å². The van der Waals surface area contributed by atoms with Crippen molar-refractivity contribution in [3.63, 3.8) is 0 Å². The predicted octanol–water partition coefficient (Wildman–Crippen LogP) is 2.69. The lowest BCUT2D eigenvalue weighted by Gasteiger charge is -2.06. The fourth-order valence-corrected chi connectivity index (χ4v) is 2.37. The Morgan fingerprint density at radius 1 is 1.41 bits per heavy atom. The lowest BCUT2D eigenvalue weighted by molar-refractivity contribution is -0.118. The Hall–Kier alpha value is -1.89. The molecule has 7 heteroatoms. The summed E-state index contributed by atoms with van der Waals surface area (Å²) in [6, 6.07) is 3.71. The summed E-state index contributed by atoms with van der Waals surface area (Å²) in [7, 11) is 0. The Bertz CT molecular complexity index is 610. The number of aromatic nitrogens is 3. The van der Waals surface area contributed by atoms with Crippen molar-refractivity contribution >= 4 is 17.7 Å². The van der Waals surface area contributed by atoms with Gasteiger partial charge in [0.15, 0.2) is 5.82 Å². The highest BCUT2D eigenvalue weighted by molar-refractivity contribution is 7.99. The standard InChI is InChI=1S/C15H20N4O2S/c1-10(2)6-7-16-13(20)9-22-14-5-4-12(8-17-14)15-18-11(3)19-21-15/h4-5,8,10H,6-7,9H2,1-3H3,(H,16,20). The predicted molar refractivity (Wildman–Crippen MR) is 85.5 cm³/mol. The van der Waals surface area contributed by atoms with Crippen LogP contribution >= 0.6 is 11.8 Å². The summed E-state index contributed by atoms with van der Waals surface area (Å²) in [5, 5.41) is 7.44. The van der Waals surface area contributed by atoms with Crippen LogP contribution in [-0.2, 0) is 4.79 Å². The molecule has 2 aromatic rings. The van der Waals surface area contributed by atoms with Crippen LogP contribution in [0.3, 0.4) is 0 Å². The molecule has 2 rings (SSSR count). The summed E-state index contributed by atoms with van der Waals surface area (Å²) in [5.41, 5.74) is 0.770. The summed E-state index contributed by atoms with van der Waals surface area (Å²) in [4.78, 5) is 20.1. The highest BCUT2D eigenvalue weighted by Gasteiger charge is 2.08. The van der Waals surface area contributed by atoms with Gasteiger partial charge in [-0.25, -0.2) is 4.98 Å². The zero-order chi connectivity index (χ0) is 15.9. The normalized spacial score (nSPS) is 10.9. The third-order valence-electron chi connectivity index (χ3n) is 2.91. The van der Waals surface area contributed by atoms with Gasteiger partial charge in [0.2, 0.25) is 5.91 Å². The summed E-state index contributed by atoms with van der Waals surface area (Å²) < 4.78 is 5.08. The fraction of sp³-hybridized carbons (Fsp3) is 0.467. The lowest BCUT2D eigenvalue weighted by Crippen LogP contribution is -2.26. The first-order valence-electron chi connectivity index (χ1n) is 7.21. The first-order valence-corrected chi connectivity index (χ1v) is 8.19. The van der Waals surface area contributed by atoms with Gasteiger partial charge in [0.05, 0.1) is 16.3 Å². The topological polar surface area (TPSA) is 80.9 Å². The van der Waals surface area contributed by atoms with E-state index in [0.717, 1.165) is 23.6 Å². The first-order chi connectivity index (χ1) is 10.5. The van der Waals surface area contributed by atoms with Gasteiger partial charge in [0, 0.05) is 12.7 Å². The Morgan fingerprint density at radius 2 is 2.23 bits per heavy atom. The highest BCUT2D eigenvalue weighted by Crippen LogP contribution is 2.20. The van der Waals surface area contributed by atoms with Gasteiger partial charge >= 0.3 is 0 Å². The third kappa shape index (κ3) is 5.14. The molecule has 2 heterocycles. The van der Waals surface area contributed by atoms with Crippen molar-refractivity contribution in [3.8, 4) is 11.5 Å². The number of nitrogens with one attached hydrogen (secondary N) is 1. The molecule has 0 aromatic carbocycles. The minimum atomic E-state index is 0.0315. The van der Waals surface area contributed by atoms with Crippen LogP contribution in [0.1, 0.15) is 26.1 Å². The molecule has 0 radical (unpaired) electrons. The number of pyridine rings is 1. The molecule has 0 aliphatic heterocycles. The van der Waals surface area contributed by atoms with E-state index in [9.17, 15) is 4.79 Å². The Labute approximate surface area is 134 Å². The molecular formula is C15H20N4O2S.